The fourth-order valence-electron chi connectivity index (χ4n) is 2.81. The van der Waals surface area contributed by atoms with Gasteiger partial charge in [0, 0.05) is 32.4 Å². The number of H-pyrrole nitrogens is 1. The molecular formula is C14H13F3N8OS. The van der Waals surface area contributed by atoms with E-state index in [2.05, 4.69) is 30.6 Å². The van der Waals surface area contributed by atoms with E-state index < -0.39 is 11.2 Å². The largest absolute Gasteiger partial charge is 0.445 e. The Morgan fingerprint density at radius 1 is 1.15 bits per heavy atom. The molecule has 1 N–H and O–H groups in total. The molecule has 4 rings (SSSR count). The quantitative estimate of drug-likeness (QED) is 0.699. The first-order valence-corrected chi connectivity index (χ1v) is 8.85. The summed E-state index contributed by atoms with van der Waals surface area (Å²) in [5.74, 6) is -0.206. The fraction of sp³-hybridized carbons (Fsp3) is 0.429. The van der Waals surface area contributed by atoms with Crippen LogP contribution in [-0.2, 0) is 6.18 Å². The van der Waals surface area contributed by atoms with Gasteiger partial charge in [-0.05, 0) is 12.5 Å². The molecule has 0 unspecified atom stereocenters. The Morgan fingerprint density at radius 2 is 2.00 bits per heavy atom. The number of fused-ring (bicyclic) bond motifs is 1. The third kappa shape index (κ3) is 3.54. The highest BCUT2D eigenvalue weighted by atomic mass is 32.1. The van der Waals surface area contributed by atoms with E-state index in [4.69, 9.17) is 0 Å². The van der Waals surface area contributed by atoms with E-state index in [-0.39, 0.29) is 11.0 Å². The van der Waals surface area contributed by atoms with Gasteiger partial charge in [-0.25, -0.2) is 4.98 Å². The van der Waals surface area contributed by atoms with Crippen molar-refractivity contribution in [1.82, 2.24) is 35.5 Å². The molecule has 3 aromatic heterocycles. The molecular weight excluding hydrogens is 385 g/mol. The molecule has 1 amide bonds. The summed E-state index contributed by atoms with van der Waals surface area (Å²) >= 11 is 0.511. The summed E-state index contributed by atoms with van der Waals surface area (Å²) in [6, 6.07) is 1.61. The maximum absolute atomic E-state index is 12.7. The first-order chi connectivity index (χ1) is 12.9. The van der Waals surface area contributed by atoms with Gasteiger partial charge in [-0.1, -0.05) is 11.3 Å². The van der Waals surface area contributed by atoms with Crippen LogP contribution in [0.2, 0.25) is 0 Å². The van der Waals surface area contributed by atoms with Crippen LogP contribution in [-0.4, -0.2) is 67.6 Å². The summed E-state index contributed by atoms with van der Waals surface area (Å²) in [6.45, 7) is 1.71. The van der Waals surface area contributed by atoms with Gasteiger partial charge in [-0.2, -0.15) is 23.5 Å². The number of aromatic nitrogens is 6. The molecule has 142 valence electrons. The summed E-state index contributed by atoms with van der Waals surface area (Å²) in [5, 5.41) is 16.3. The number of rotatable bonds is 2. The van der Waals surface area contributed by atoms with Gasteiger partial charge in [0.05, 0.1) is 5.56 Å². The highest BCUT2D eigenvalue weighted by molar-refractivity contribution is 7.15. The molecule has 1 aliphatic heterocycles. The maximum atomic E-state index is 12.7. The fourth-order valence-corrected chi connectivity index (χ4v) is 3.57. The normalized spacial score (nSPS) is 16.0. The van der Waals surface area contributed by atoms with Crippen molar-refractivity contribution in [2.24, 2.45) is 0 Å². The van der Waals surface area contributed by atoms with Gasteiger partial charge in [0.25, 0.3) is 5.91 Å². The van der Waals surface area contributed by atoms with Crippen molar-refractivity contribution in [2.75, 3.05) is 31.1 Å². The van der Waals surface area contributed by atoms with Gasteiger partial charge in [0.2, 0.25) is 15.8 Å². The number of nitrogens with zero attached hydrogens (tertiary/aromatic N) is 7. The van der Waals surface area contributed by atoms with Gasteiger partial charge >= 0.3 is 6.18 Å². The van der Waals surface area contributed by atoms with Crippen LogP contribution in [0.1, 0.15) is 21.8 Å². The molecule has 0 bridgehead atoms. The Morgan fingerprint density at radius 3 is 2.78 bits per heavy atom. The average Bonchev–Trinajstić information content (AvgIpc) is 3.25. The minimum atomic E-state index is -4.50. The Hall–Kier alpha value is -2.83. The van der Waals surface area contributed by atoms with Gasteiger partial charge in [0.15, 0.2) is 0 Å². The second kappa shape index (κ2) is 6.72. The number of carbonyl (C=O) groups excluding carboxylic acids is 1. The zero-order valence-electron chi connectivity index (χ0n) is 13.8. The second-order valence-electron chi connectivity index (χ2n) is 5.91. The topological polar surface area (TPSA) is 104 Å². The molecule has 0 radical (unpaired) electrons. The van der Waals surface area contributed by atoms with Crippen molar-refractivity contribution >= 4 is 33.5 Å². The average molecular weight is 398 g/mol. The number of hydrogen-bond acceptors (Lipinski definition) is 8. The molecule has 1 aliphatic rings. The lowest BCUT2D eigenvalue weighted by molar-refractivity contribution is -0.138. The molecule has 13 heteroatoms. The summed E-state index contributed by atoms with van der Waals surface area (Å²) < 4.78 is 38.1. The predicted octanol–water partition coefficient (Wildman–Crippen LogP) is 1.58. The number of alkyl halides is 3. The van der Waals surface area contributed by atoms with Crippen molar-refractivity contribution in [1.29, 1.82) is 0 Å². The predicted molar refractivity (Wildman–Crippen MR) is 89.3 cm³/mol. The number of aromatic amines is 1. The molecule has 0 aliphatic carbocycles. The monoisotopic (exact) mass is 398 g/mol. The molecule has 27 heavy (non-hydrogen) atoms. The van der Waals surface area contributed by atoms with E-state index >= 15 is 0 Å². The minimum Gasteiger partial charge on any atom is -0.345 e. The lowest BCUT2D eigenvalue weighted by Crippen LogP contribution is -2.35. The Balaban J connectivity index is 1.46. The van der Waals surface area contributed by atoms with Crippen molar-refractivity contribution in [2.45, 2.75) is 12.6 Å². The lowest BCUT2D eigenvalue weighted by Gasteiger charge is -2.21. The van der Waals surface area contributed by atoms with Gasteiger partial charge in [-0.15, -0.1) is 15.3 Å². The zero-order chi connectivity index (χ0) is 19.0. The number of anilines is 1. The van der Waals surface area contributed by atoms with Crippen molar-refractivity contribution in [3.8, 4) is 0 Å². The summed E-state index contributed by atoms with van der Waals surface area (Å²) in [5.41, 5.74) is 1.30. The highest BCUT2D eigenvalue weighted by Crippen LogP contribution is 2.34. The van der Waals surface area contributed by atoms with Crippen LogP contribution >= 0.6 is 11.3 Å². The first-order valence-electron chi connectivity index (χ1n) is 8.03. The maximum Gasteiger partial charge on any atom is 0.445 e. The van der Waals surface area contributed by atoms with Crippen LogP contribution < -0.4 is 4.90 Å². The standard InChI is InChI=1S/C14H13F3N8OS/c15-14(16,17)12-21-22-13(27-12)25-3-1-2-24(4-5-25)11(26)8-6-9-10(18-7-8)20-23-19-9/h6-7H,1-5H2,(H,18,19,20,23). The van der Waals surface area contributed by atoms with Crippen LogP contribution in [0.5, 0.6) is 0 Å². The number of amides is 1. The highest BCUT2D eigenvalue weighted by Gasteiger charge is 2.36. The molecule has 0 spiro atoms. The van der Waals surface area contributed by atoms with Gasteiger partial charge in [-0.3, -0.25) is 4.79 Å². The Kier molecular flexibility index (Phi) is 4.37. The van der Waals surface area contributed by atoms with E-state index in [0.717, 1.165) is 0 Å². The molecule has 1 saturated heterocycles. The molecule has 3 aromatic rings. The zero-order valence-corrected chi connectivity index (χ0v) is 14.6. The summed E-state index contributed by atoms with van der Waals surface area (Å²) in [4.78, 5) is 20.2. The number of carbonyl (C=O) groups is 1. The SMILES string of the molecule is O=C(c1cnc2n[nH]nc2c1)N1CCCN(c2nnc(C(F)(F)F)s2)CC1. The van der Waals surface area contributed by atoms with Gasteiger partial charge in [0.1, 0.15) is 5.52 Å². The number of nitrogens with one attached hydrogen (secondary N) is 1. The van der Waals surface area contributed by atoms with E-state index in [9.17, 15) is 18.0 Å². The summed E-state index contributed by atoms with van der Waals surface area (Å²) in [7, 11) is 0. The second-order valence-corrected chi connectivity index (χ2v) is 6.87. The molecule has 4 heterocycles. The summed E-state index contributed by atoms with van der Waals surface area (Å²) in [6.07, 6.45) is -2.46. The van der Waals surface area contributed by atoms with Crippen LogP contribution in [0.4, 0.5) is 18.3 Å². The van der Waals surface area contributed by atoms with Crippen LogP contribution in [0.3, 0.4) is 0 Å². The third-order valence-electron chi connectivity index (χ3n) is 4.13. The molecule has 9 nitrogen and oxygen atoms in total. The Labute approximate surface area is 154 Å². The first kappa shape index (κ1) is 17.6. The number of pyridine rings is 1. The van der Waals surface area contributed by atoms with Crippen LogP contribution in [0, 0.1) is 0 Å². The van der Waals surface area contributed by atoms with E-state index in [1.807, 2.05) is 0 Å². The third-order valence-corrected chi connectivity index (χ3v) is 5.16. The van der Waals surface area contributed by atoms with Crippen LogP contribution in [0.25, 0.3) is 11.2 Å². The van der Waals surface area contributed by atoms with Crippen LogP contribution in [0.15, 0.2) is 12.3 Å². The molecule has 0 aromatic carbocycles. The number of hydrogen-bond donors (Lipinski definition) is 1. The minimum absolute atomic E-state index is 0.206. The molecule has 0 saturated carbocycles. The van der Waals surface area contributed by atoms with E-state index in [1.165, 1.54) is 6.20 Å². The lowest BCUT2D eigenvalue weighted by atomic mass is 10.2. The van der Waals surface area contributed by atoms with Crippen molar-refractivity contribution in [3.63, 3.8) is 0 Å². The van der Waals surface area contributed by atoms with Crippen molar-refractivity contribution < 1.29 is 18.0 Å². The van der Waals surface area contributed by atoms with E-state index in [1.54, 1.807) is 15.9 Å². The number of halogens is 3. The van der Waals surface area contributed by atoms with Gasteiger partial charge < -0.3 is 9.80 Å². The molecule has 0 atom stereocenters. The molecule has 1 fully saturated rings. The Bertz CT molecular complexity index is 971. The van der Waals surface area contributed by atoms with Crippen molar-refractivity contribution in [3.05, 3.63) is 22.8 Å². The smallest absolute Gasteiger partial charge is 0.345 e. The van der Waals surface area contributed by atoms with E-state index in [0.29, 0.717) is 60.7 Å².